The van der Waals surface area contributed by atoms with Crippen molar-refractivity contribution in [2.75, 3.05) is 13.7 Å². The predicted octanol–water partition coefficient (Wildman–Crippen LogP) is 6.38. The van der Waals surface area contributed by atoms with Crippen molar-refractivity contribution in [1.29, 1.82) is 0 Å². The van der Waals surface area contributed by atoms with Crippen molar-refractivity contribution in [3.05, 3.63) is 64.1 Å². The van der Waals surface area contributed by atoms with Crippen molar-refractivity contribution in [3.63, 3.8) is 0 Å². The molecule has 0 saturated carbocycles. The van der Waals surface area contributed by atoms with Gasteiger partial charge in [-0.3, -0.25) is 4.79 Å². The van der Waals surface area contributed by atoms with Crippen LogP contribution in [0, 0.1) is 5.92 Å². The largest absolute Gasteiger partial charge is 0.493 e. The van der Waals surface area contributed by atoms with Gasteiger partial charge in [0.1, 0.15) is 6.61 Å². The third-order valence-electron chi connectivity index (χ3n) is 5.01. The highest BCUT2D eigenvalue weighted by Crippen LogP contribution is 2.37. The smallest absolute Gasteiger partial charge is 0.244 e. The molecule has 0 radical (unpaired) electrons. The van der Waals surface area contributed by atoms with Crippen LogP contribution in [-0.4, -0.2) is 19.6 Å². The first-order valence-corrected chi connectivity index (χ1v) is 11.4. The zero-order chi connectivity index (χ0) is 21.8. The number of benzene rings is 2. The highest BCUT2D eigenvalue weighted by atomic mass is 79.9. The molecule has 0 aliphatic heterocycles. The summed E-state index contributed by atoms with van der Waals surface area (Å²) in [5, 5.41) is 3.01. The molecule has 2 aromatic carbocycles. The predicted molar refractivity (Wildman–Crippen MR) is 127 cm³/mol. The molecule has 2 aromatic rings. The van der Waals surface area contributed by atoms with E-state index in [0.29, 0.717) is 24.0 Å². The molecule has 5 heteroatoms. The minimum absolute atomic E-state index is 0.0792. The van der Waals surface area contributed by atoms with Gasteiger partial charge in [-0.15, -0.1) is 0 Å². The Morgan fingerprint density at radius 2 is 1.97 bits per heavy atom. The van der Waals surface area contributed by atoms with Crippen LogP contribution in [0.4, 0.5) is 0 Å². The number of ether oxygens (including phenoxy) is 2. The van der Waals surface area contributed by atoms with Crippen LogP contribution in [0.25, 0.3) is 6.08 Å². The van der Waals surface area contributed by atoms with Gasteiger partial charge in [0.25, 0.3) is 0 Å². The average Bonchev–Trinajstić information content (AvgIpc) is 2.77. The molecular formula is C25H32BrNO3. The van der Waals surface area contributed by atoms with Crippen LogP contribution in [0.1, 0.15) is 50.7 Å². The summed E-state index contributed by atoms with van der Waals surface area (Å²) < 4.78 is 12.2. The lowest BCUT2D eigenvalue weighted by Gasteiger charge is -2.14. The lowest BCUT2D eigenvalue weighted by molar-refractivity contribution is -0.116. The van der Waals surface area contributed by atoms with Gasteiger partial charge in [-0.2, -0.15) is 0 Å². The van der Waals surface area contributed by atoms with E-state index in [1.165, 1.54) is 12.8 Å². The van der Waals surface area contributed by atoms with Gasteiger partial charge in [0.15, 0.2) is 11.5 Å². The zero-order valence-corrected chi connectivity index (χ0v) is 19.7. The Morgan fingerprint density at radius 3 is 2.63 bits per heavy atom. The summed E-state index contributed by atoms with van der Waals surface area (Å²) in [7, 11) is 1.61. The molecule has 162 valence electrons. The second kappa shape index (κ2) is 13.1. The lowest BCUT2D eigenvalue weighted by Crippen LogP contribution is -2.27. The Labute approximate surface area is 188 Å². The van der Waals surface area contributed by atoms with Gasteiger partial charge >= 0.3 is 0 Å². The Kier molecular flexibility index (Phi) is 10.5. The van der Waals surface area contributed by atoms with Crippen molar-refractivity contribution in [2.24, 2.45) is 5.92 Å². The number of rotatable bonds is 12. The molecule has 0 saturated heterocycles. The summed E-state index contributed by atoms with van der Waals surface area (Å²) in [6.07, 6.45) is 7.99. The van der Waals surface area contributed by atoms with Crippen molar-refractivity contribution in [1.82, 2.24) is 5.32 Å². The number of carbonyl (C=O) groups excluding carboxylic acids is 1. The quantitative estimate of drug-likeness (QED) is 0.363. The minimum Gasteiger partial charge on any atom is -0.493 e. The molecule has 2 rings (SSSR count). The maximum atomic E-state index is 12.2. The van der Waals surface area contributed by atoms with E-state index < -0.39 is 0 Å². The third kappa shape index (κ3) is 7.86. The van der Waals surface area contributed by atoms with Crippen molar-refractivity contribution < 1.29 is 14.3 Å². The fraction of sp³-hybridized carbons (Fsp3) is 0.400. The molecule has 0 heterocycles. The minimum atomic E-state index is -0.0792. The number of hydrogen-bond acceptors (Lipinski definition) is 3. The van der Waals surface area contributed by atoms with Gasteiger partial charge < -0.3 is 14.8 Å². The third-order valence-corrected chi connectivity index (χ3v) is 5.60. The van der Waals surface area contributed by atoms with Crippen LogP contribution >= 0.6 is 15.9 Å². The first kappa shape index (κ1) is 24.0. The van der Waals surface area contributed by atoms with Crippen LogP contribution in [0.3, 0.4) is 0 Å². The SMILES string of the molecule is CCCCC(CC)CNC(=O)/C=C/c1cc(Br)c(OCc2ccccc2)c(OC)c1. The molecule has 0 spiro atoms. The number of methoxy groups -OCH3 is 1. The number of unbranched alkanes of at least 4 members (excludes halogenated alkanes) is 1. The van der Waals surface area contributed by atoms with Crippen LogP contribution < -0.4 is 14.8 Å². The number of halogens is 1. The van der Waals surface area contributed by atoms with Gasteiger partial charge in [-0.05, 0) is 57.6 Å². The van der Waals surface area contributed by atoms with Gasteiger partial charge in [0.05, 0.1) is 11.6 Å². The molecule has 1 unspecified atom stereocenters. The fourth-order valence-corrected chi connectivity index (χ4v) is 3.70. The maximum Gasteiger partial charge on any atom is 0.244 e. The van der Waals surface area contributed by atoms with E-state index in [0.717, 1.165) is 35.0 Å². The highest BCUT2D eigenvalue weighted by Gasteiger charge is 2.12. The fourth-order valence-electron chi connectivity index (χ4n) is 3.12. The molecule has 30 heavy (non-hydrogen) atoms. The first-order valence-electron chi connectivity index (χ1n) is 10.6. The van der Waals surface area contributed by atoms with Gasteiger partial charge in [-0.1, -0.05) is 63.4 Å². The van der Waals surface area contributed by atoms with Gasteiger partial charge in [0, 0.05) is 12.6 Å². The average molecular weight is 474 g/mol. The second-order valence-electron chi connectivity index (χ2n) is 7.30. The van der Waals surface area contributed by atoms with Crippen molar-refractivity contribution in [2.45, 2.75) is 46.1 Å². The van der Waals surface area contributed by atoms with Crippen LogP contribution in [0.5, 0.6) is 11.5 Å². The monoisotopic (exact) mass is 473 g/mol. The molecular weight excluding hydrogens is 442 g/mol. The van der Waals surface area contributed by atoms with E-state index in [9.17, 15) is 4.79 Å². The summed E-state index contributed by atoms with van der Waals surface area (Å²) in [5.74, 6) is 1.72. The Balaban J connectivity index is 1.98. The van der Waals surface area contributed by atoms with E-state index in [1.54, 1.807) is 19.3 Å². The standard InChI is InChI=1S/C25H32BrNO3/c1-4-6-10-19(5-2)17-27-24(28)14-13-21-15-22(26)25(23(16-21)29-3)30-18-20-11-8-7-9-12-20/h7-9,11-16,19H,4-6,10,17-18H2,1-3H3,(H,27,28)/b14-13+. The second-order valence-corrected chi connectivity index (χ2v) is 8.16. The first-order chi connectivity index (χ1) is 14.6. The molecule has 0 bridgehead atoms. The molecule has 1 atom stereocenters. The summed E-state index contributed by atoms with van der Waals surface area (Å²) in [6, 6.07) is 13.8. The van der Waals surface area contributed by atoms with Gasteiger partial charge in [-0.25, -0.2) is 0 Å². The Bertz CT molecular complexity index is 821. The van der Waals surface area contributed by atoms with Gasteiger partial charge in [0.2, 0.25) is 5.91 Å². The number of hydrogen-bond donors (Lipinski definition) is 1. The Hall–Kier alpha value is -2.27. The van der Waals surface area contributed by atoms with Crippen LogP contribution in [-0.2, 0) is 11.4 Å². The topological polar surface area (TPSA) is 47.6 Å². The highest BCUT2D eigenvalue weighted by molar-refractivity contribution is 9.10. The number of amides is 1. The molecule has 1 amide bonds. The Morgan fingerprint density at radius 1 is 1.20 bits per heavy atom. The molecule has 4 nitrogen and oxygen atoms in total. The normalized spacial score (nSPS) is 12.0. The summed E-state index contributed by atoms with van der Waals surface area (Å²) in [5.41, 5.74) is 1.94. The molecule has 0 aliphatic rings. The number of nitrogens with one attached hydrogen (secondary N) is 1. The van der Waals surface area contributed by atoms with Crippen molar-refractivity contribution in [3.8, 4) is 11.5 Å². The molecule has 0 aliphatic carbocycles. The van der Waals surface area contributed by atoms with E-state index in [1.807, 2.05) is 42.5 Å². The summed E-state index contributed by atoms with van der Waals surface area (Å²) in [6.45, 7) is 5.54. The zero-order valence-electron chi connectivity index (χ0n) is 18.1. The molecule has 0 aromatic heterocycles. The van der Waals surface area contributed by atoms with E-state index in [4.69, 9.17) is 9.47 Å². The number of carbonyl (C=O) groups is 1. The van der Waals surface area contributed by atoms with Crippen LogP contribution in [0.15, 0.2) is 53.0 Å². The maximum absolute atomic E-state index is 12.2. The molecule has 1 N–H and O–H groups in total. The van der Waals surface area contributed by atoms with E-state index in [2.05, 4.69) is 35.1 Å². The molecule has 0 fully saturated rings. The van der Waals surface area contributed by atoms with E-state index in [-0.39, 0.29) is 5.91 Å². The lowest BCUT2D eigenvalue weighted by atomic mass is 9.99. The summed E-state index contributed by atoms with van der Waals surface area (Å²) in [4.78, 5) is 12.2. The van der Waals surface area contributed by atoms with Crippen molar-refractivity contribution >= 4 is 27.9 Å². The van der Waals surface area contributed by atoms with E-state index >= 15 is 0 Å². The summed E-state index contributed by atoms with van der Waals surface area (Å²) >= 11 is 3.56. The van der Waals surface area contributed by atoms with Crippen LogP contribution in [0.2, 0.25) is 0 Å².